The highest BCUT2D eigenvalue weighted by Crippen LogP contribution is 2.18. The standard InChI is InChI=1S/C15H32O7Si/c1-5-13(22-15(16)6-2)12-21-23(17-3,18-4)9-7-8-19-10-14-11-20-14/h13-16H,5-12H2,1-4H3. The molecule has 0 aromatic heterocycles. The minimum absolute atomic E-state index is 0.176. The van der Waals surface area contributed by atoms with Gasteiger partial charge in [0.15, 0.2) is 6.29 Å². The number of rotatable bonds is 15. The van der Waals surface area contributed by atoms with Crippen LogP contribution in [-0.2, 0) is 27.5 Å². The molecule has 0 aromatic carbocycles. The van der Waals surface area contributed by atoms with E-state index in [2.05, 4.69) is 0 Å². The Morgan fingerprint density at radius 3 is 2.43 bits per heavy atom. The normalized spacial score (nSPS) is 20.5. The molecule has 3 atom stereocenters. The lowest BCUT2D eigenvalue weighted by Crippen LogP contribution is -2.46. The SMILES string of the molecule is CCC(O)OC(CC)CO[Si](CCCOCC1CO1)(OC)OC. The molecule has 8 heteroatoms. The first kappa shape index (κ1) is 21.0. The summed E-state index contributed by atoms with van der Waals surface area (Å²) in [5, 5.41) is 9.60. The highest BCUT2D eigenvalue weighted by molar-refractivity contribution is 6.60. The van der Waals surface area contributed by atoms with Gasteiger partial charge in [0.2, 0.25) is 0 Å². The summed E-state index contributed by atoms with van der Waals surface area (Å²) in [4.78, 5) is 0. The van der Waals surface area contributed by atoms with Crippen LogP contribution in [0.1, 0.15) is 33.1 Å². The summed E-state index contributed by atoms with van der Waals surface area (Å²) >= 11 is 0. The second kappa shape index (κ2) is 11.5. The monoisotopic (exact) mass is 352 g/mol. The quantitative estimate of drug-likeness (QED) is 0.207. The van der Waals surface area contributed by atoms with Gasteiger partial charge in [0.1, 0.15) is 6.10 Å². The van der Waals surface area contributed by atoms with E-state index in [9.17, 15) is 5.11 Å². The van der Waals surface area contributed by atoms with Gasteiger partial charge in [-0.05, 0) is 19.3 Å². The van der Waals surface area contributed by atoms with Crippen molar-refractivity contribution in [2.24, 2.45) is 0 Å². The van der Waals surface area contributed by atoms with Crippen LogP contribution in [0, 0.1) is 0 Å². The van der Waals surface area contributed by atoms with E-state index in [-0.39, 0.29) is 12.2 Å². The largest absolute Gasteiger partial charge is 0.500 e. The van der Waals surface area contributed by atoms with Crippen molar-refractivity contribution in [3.8, 4) is 0 Å². The lowest BCUT2D eigenvalue weighted by molar-refractivity contribution is -0.149. The molecule has 1 fully saturated rings. The van der Waals surface area contributed by atoms with Crippen molar-refractivity contribution < 1.29 is 32.6 Å². The van der Waals surface area contributed by atoms with Gasteiger partial charge in [-0.25, -0.2) is 0 Å². The van der Waals surface area contributed by atoms with E-state index in [1.54, 1.807) is 14.2 Å². The molecule has 1 aliphatic rings. The smallest absolute Gasteiger partial charge is 0.379 e. The molecule has 0 spiro atoms. The summed E-state index contributed by atoms with van der Waals surface area (Å²) in [6, 6.07) is 0.679. The molecule has 1 aliphatic heterocycles. The van der Waals surface area contributed by atoms with E-state index < -0.39 is 15.1 Å². The number of aliphatic hydroxyl groups is 1. The molecule has 0 aromatic rings. The Hall–Kier alpha value is -0.0631. The van der Waals surface area contributed by atoms with Crippen molar-refractivity contribution in [1.82, 2.24) is 0 Å². The molecule has 1 rings (SSSR count). The van der Waals surface area contributed by atoms with Crippen molar-refractivity contribution in [3.05, 3.63) is 0 Å². The summed E-state index contributed by atoms with van der Waals surface area (Å²) in [6.45, 7) is 6.29. The summed E-state index contributed by atoms with van der Waals surface area (Å²) < 4.78 is 33.2. The highest BCUT2D eigenvalue weighted by atomic mass is 28.4. The van der Waals surface area contributed by atoms with Crippen LogP contribution in [0.15, 0.2) is 0 Å². The average Bonchev–Trinajstić information content (AvgIpc) is 3.40. The van der Waals surface area contributed by atoms with Gasteiger partial charge in [0.25, 0.3) is 0 Å². The number of aliphatic hydroxyl groups excluding tert-OH is 1. The van der Waals surface area contributed by atoms with E-state index in [1.807, 2.05) is 13.8 Å². The third-order valence-electron chi connectivity index (χ3n) is 3.74. The molecular formula is C15H32O7Si. The van der Waals surface area contributed by atoms with Crippen molar-refractivity contribution in [1.29, 1.82) is 0 Å². The maximum Gasteiger partial charge on any atom is 0.500 e. The predicted molar refractivity (Wildman–Crippen MR) is 87.2 cm³/mol. The summed E-state index contributed by atoms with van der Waals surface area (Å²) in [7, 11) is 0.499. The highest BCUT2D eigenvalue weighted by Gasteiger charge is 2.39. The molecule has 0 bridgehead atoms. The van der Waals surface area contributed by atoms with Crippen LogP contribution in [-0.4, -0.2) is 73.1 Å². The Labute approximate surface area is 140 Å². The molecule has 7 nitrogen and oxygen atoms in total. The number of hydrogen-bond donors (Lipinski definition) is 1. The van der Waals surface area contributed by atoms with Gasteiger partial charge in [-0.2, -0.15) is 0 Å². The van der Waals surface area contributed by atoms with Crippen molar-refractivity contribution in [3.63, 3.8) is 0 Å². The number of epoxide rings is 1. The fourth-order valence-corrected chi connectivity index (χ4v) is 4.01. The first-order valence-corrected chi connectivity index (χ1v) is 10.3. The first-order valence-electron chi connectivity index (χ1n) is 8.36. The zero-order valence-electron chi connectivity index (χ0n) is 14.8. The predicted octanol–water partition coefficient (Wildman–Crippen LogP) is 1.56. The van der Waals surface area contributed by atoms with Gasteiger partial charge >= 0.3 is 8.80 Å². The lowest BCUT2D eigenvalue weighted by atomic mass is 10.3. The first-order chi connectivity index (χ1) is 11.1. The topological polar surface area (TPSA) is 78.9 Å². The lowest BCUT2D eigenvalue weighted by Gasteiger charge is -2.29. The third kappa shape index (κ3) is 8.55. The zero-order valence-corrected chi connectivity index (χ0v) is 15.8. The molecule has 1 saturated heterocycles. The maximum absolute atomic E-state index is 9.60. The van der Waals surface area contributed by atoms with E-state index >= 15 is 0 Å². The van der Waals surface area contributed by atoms with Gasteiger partial charge in [0.05, 0.1) is 25.9 Å². The Morgan fingerprint density at radius 2 is 1.91 bits per heavy atom. The van der Waals surface area contributed by atoms with Crippen LogP contribution >= 0.6 is 0 Å². The third-order valence-corrected chi connectivity index (χ3v) is 6.56. The second-order valence-electron chi connectivity index (χ2n) is 5.57. The molecular weight excluding hydrogens is 320 g/mol. The minimum atomic E-state index is -2.72. The van der Waals surface area contributed by atoms with Gasteiger partial charge in [0, 0.05) is 26.9 Å². The summed E-state index contributed by atoms with van der Waals surface area (Å²) in [5.41, 5.74) is 0. The average molecular weight is 353 g/mol. The van der Waals surface area contributed by atoms with Gasteiger partial charge in [-0.3, -0.25) is 0 Å². The molecule has 0 aliphatic carbocycles. The molecule has 0 amide bonds. The molecule has 1 heterocycles. The second-order valence-corrected chi connectivity index (χ2v) is 8.54. The summed E-state index contributed by atoms with van der Waals surface area (Å²) in [5.74, 6) is 0. The van der Waals surface area contributed by atoms with E-state index in [1.165, 1.54) is 0 Å². The van der Waals surface area contributed by atoms with Crippen LogP contribution in [0.25, 0.3) is 0 Å². The van der Waals surface area contributed by atoms with Crippen LogP contribution in [0.3, 0.4) is 0 Å². The van der Waals surface area contributed by atoms with Crippen molar-refractivity contribution in [2.75, 3.05) is 40.6 Å². The molecule has 0 radical (unpaired) electrons. The summed E-state index contributed by atoms with van der Waals surface area (Å²) in [6.07, 6.45) is 1.45. The van der Waals surface area contributed by atoms with E-state index in [4.69, 9.17) is 27.5 Å². The van der Waals surface area contributed by atoms with Gasteiger partial charge in [-0.1, -0.05) is 13.8 Å². The van der Waals surface area contributed by atoms with Crippen LogP contribution in [0.5, 0.6) is 0 Å². The van der Waals surface area contributed by atoms with Gasteiger partial charge in [-0.15, -0.1) is 0 Å². The number of ether oxygens (including phenoxy) is 3. The van der Waals surface area contributed by atoms with Crippen molar-refractivity contribution in [2.45, 2.75) is 57.7 Å². The van der Waals surface area contributed by atoms with Gasteiger partial charge < -0.3 is 32.6 Å². The fraction of sp³-hybridized carbons (Fsp3) is 1.00. The Morgan fingerprint density at radius 1 is 1.22 bits per heavy atom. The zero-order chi connectivity index (χ0) is 17.1. The molecule has 1 N–H and O–H groups in total. The van der Waals surface area contributed by atoms with E-state index in [0.29, 0.717) is 32.3 Å². The van der Waals surface area contributed by atoms with Crippen LogP contribution in [0.4, 0.5) is 0 Å². The van der Waals surface area contributed by atoms with Crippen molar-refractivity contribution >= 4 is 8.80 Å². The minimum Gasteiger partial charge on any atom is -0.379 e. The van der Waals surface area contributed by atoms with Crippen LogP contribution in [0.2, 0.25) is 6.04 Å². The molecule has 138 valence electrons. The Kier molecular flexibility index (Phi) is 10.5. The van der Waals surface area contributed by atoms with Crippen LogP contribution < -0.4 is 0 Å². The maximum atomic E-state index is 9.60. The van der Waals surface area contributed by atoms with E-state index in [0.717, 1.165) is 19.4 Å². The number of hydrogen-bond acceptors (Lipinski definition) is 7. The Bertz CT molecular complexity index is 298. The molecule has 23 heavy (non-hydrogen) atoms. The molecule has 0 saturated carbocycles. The Balaban J connectivity index is 2.31. The fourth-order valence-electron chi connectivity index (χ4n) is 2.04. The molecule has 3 unspecified atom stereocenters.